The predicted octanol–water partition coefficient (Wildman–Crippen LogP) is 4.33. The Morgan fingerprint density at radius 2 is 1.85 bits per heavy atom. The molecule has 1 amide bonds. The lowest BCUT2D eigenvalue weighted by Gasteiger charge is -2.28. The number of benzene rings is 2. The number of para-hydroxylation sites is 1. The van der Waals surface area contributed by atoms with E-state index in [2.05, 4.69) is 17.2 Å². The van der Waals surface area contributed by atoms with Crippen molar-refractivity contribution >= 4 is 17.5 Å². The van der Waals surface area contributed by atoms with Gasteiger partial charge in [0.1, 0.15) is 5.75 Å². The monoisotopic (exact) mass is 367 g/mol. The lowest BCUT2D eigenvalue weighted by atomic mass is 9.78. The number of carbonyl (C=O) groups is 1. The molecular formula is C22H22ClNO2. The van der Waals surface area contributed by atoms with Crippen LogP contribution < -0.4 is 10.1 Å². The maximum Gasteiger partial charge on any atom is 0.231 e. The minimum Gasteiger partial charge on any atom is -0.495 e. The number of halogens is 1. The predicted molar refractivity (Wildman–Crippen MR) is 104 cm³/mol. The molecule has 2 aromatic carbocycles. The molecule has 1 aliphatic rings. The second kappa shape index (κ2) is 8.29. The van der Waals surface area contributed by atoms with Gasteiger partial charge in [0.2, 0.25) is 5.91 Å². The van der Waals surface area contributed by atoms with Gasteiger partial charge in [0, 0.05) is 5.02 Å². The molecule has 1 N–H and O–H groups in total. The smallest absolute Gasteiger partial charge is 0.231 e. The van der Waals surface area contributed by atoms with Crippen LogP contribution in [-0.2, 0) is 10.2 Å². The van der Waals surface area contributed by atoms with Gasteiger partial charge < -0.3 is 10.1 Å². The minimum atomic E-state index is -0.462. The van der Waals surface area contributed by atoms with E-state index in [1.165, 1.54) is 0 Å². The van der Waals surface area contributed by atoms with Crippen LogP contribution >= 0.6 is 11.6 Å². The molecule has 0 aliphatic heterocycles. The molecule has 3 rings (SSSR count). The highest BCUT2D eigenvalue weighted by atomic mass is 35.5. The zero-order valence-corrected chi connectivity index (χ0v) is 15.6. The first-order chi connectivity index (χ1) is 12.7. The van der Waals surface area contributed by atoms with E-state index in [0.29, 0.717) is 11.6 Å². The third-order valence-electron chi connectivity index (χ3n) is 4.96. The molecular weight excluding hydrogens is 346 g/mol. The van der Waals surface area contributed by atoms with Crippen molar-refractivity contribution in [2.75, 3.05) is 13.7 Å². The highest BCUT2D eigenvalue weighted by Crippen LogP contribution is 2.41. The number of hydrogen-bond donors (Lipinski definition) is 1. The van der Waals surface area contributed by atoms with Crippen LogP contribution in [0.2, 0.25) is 5.02 Å². The molecule has 0 aromatic heterocycles. The van der Waals surface area contributed by atoms with Crippen molar-refractivity contribution in [2.45, 2.75) is 31.1 Å². The van der Waals surface area contributed by atoms with Crippen LogP contribution in [0.15, 0.2) is 48.5 Å². The zero-order valence-electron chi connectivity index (χ0n) is 14.8. The molecule has 0 radical (unpaired) electrons. The summed E-state index contributed by atoms with van der Waals surface area (Å²) in [4.78, 5) is 13.0. The van der Waals surface area contributed by atoms with Gasteiger partial charge in [-0.3, -0.25) is 4.79 Å². The first kappa shape index (κ1) is 18.4. The van der Waals surface area contributed by atoms with Crippen molar-refractivity contribution < 1.29 is 9.53 Å². The number of amides is 1. The first-order valence-electron chi connectivity index (χ1n) is 8.82. The third-order valence-corrected chi connectivity index (χ3v) is 5.21. The van der Waals surface area contributed by atoms with Crippen LogP contribution in [0.5, 0.6) is 5.75 Å². The number of carbonyl (C=O) groups excluding carboxylic acids is 1. The van der Waals surface area contributed by atoms with Crippen molar-refractivity contribution in [1.29, 1.82) is 0 Å². The molecule has 2 aromatic rings. The summed E-state index contributed by atoms with van der Waals surface area (Å²) in [6, 6.07) is 15.2. The quantitative estimate of drug-likeness (QED) is 0.817. The minimum absolute atomic E-state index is 0.0478. The van der Waals surface area contributed by atoms with Crippen molar-refractivity contribution in [1.82, 2.24) is 5.32 Å². The van der Waals surface area contributed by atoms with Crippen LogP contribution in [0.4, 0.5) is 0 Å². The van der Waals surface area contributed by atoms with Gasteiger partial charge >= 0.3 is 0 Å². The summed E-state index contributed by atoms with van der Waals surface area (Å²) < 4.78 is 5.29. The molecule has 3 nitrogen and oxygen atoms in total. The maximum absolute atomic E-state index is 13.0. The highest BCUT2D eigenvalue weighted by Gasteiger charge is 2.42. The van der Waals surface area contributed by atoms with E-state index in [-0.39, 0.29) is 5.91 Å². The first-order valence-corrected chi connectivity index (χ1v) is 9.20. The third kappa shape index (κ3) is 3.86. The average Bonchev–Trinajstić information content (AvgIpc) is 3.17. The normalized spacial score (nSPS) is 15.0. The summed E-state index contributed by atoms with van der Waals surface area (Å²) in [5, 5.41) is 3.69. The van der Waals surface area contributed by atoms with Gasteiger partial charge in [-0.2, -0.15) is 0 Å². The molecule has 0 bridgehead atoms. The molecule has 26 heavy (non-hydrogen) atoms. The summed E-state index contributed by atoms with van der Waals surface area (Å²) in [5.41, 5.74) is 1.39. The Kier molecular flexibility index (Phi) is 5.85. The van der Waals surface area contributed by atoms with Crippen LogP contribution in [0.25, 0.3) is 0 Å². The molecule has 0 heterocycles. The largest absolute Gasteiger partial charge is 0.495 e. The summed E-state index contributed by atoms with van der Waals surface area (Å²) in [7, 11) is 1.62. The fraction of sp³-hybridized carbons (Fsp3) is 0.318. The Morgan fingerprint density at radius 3 is 2.54 bits per heavy atom. The molecule has 0 saturated heterocycles. The Balaban J connectivity index is 1.70. The van der Waals surface area contributed by atoms with Crippen LogP contribution in [0, 0.1) is 11.8 Å². The maximum atomic E-state index is 13.0. The van der Waals surface area contributed by atoms with Gasteiger partial charge in [-0.05, 0) is 42.7 Å². The number of methoxy groups -OCH3 is 1. The van der Waals surface area contributed by atoms with Gasteiger partial charge in [0.15, 0.2) is 0 Å². The lowest BCUT2D eigenvalue weighted by Crippen LogP contribution is -2.42. The second-order valence-corrected chi connectivity index (χ2v) is 6.92. The van der Waals surface area contributed by atoms with Crippen molar-refractivity contribution in [3.8, 4) is 17.6 Å². The van der Waals surface area contributed by atoms with E-state index in [1.54, 1.807) is 7.11 Å². The highest BCUT2D eigenvalue weighted by molar-refractivity contribution is 6.30. The number of nitrogens with one attached hydrogen (secondary N) is 1. The molecule has 0 atom stereocenters. The molecule has 4 heteroatoms. The Hall–Kier alpha value is -2.44. The van der Waals surface area contributed by atoms with Gasteiger partial charge in [-0.25, -0.2) is 0 Å². The van der Waals surface area contributed by atoms with Gasteiger partial charge in [0.25, 0.3) is 0 Å². The van der Waals surface area contributed by atoms with Crippen molar-refractivity contribution in [3.63, 3.8) is 0 Å². The molecule has 0 spiro atoms. The average molecular weight is 368 g/mol. The van der Waals surface area contributed by atoms with Crippen molar-refractivity contribution in [2.24, 2.45) is 0 Å². The standard InChI is InChI=1S/C22H22ClNO2/c1-26-20-9-3-2-7-17(20)8-6-16-24-21(25)22(14-4-5-15-22)18-10-12-19(23)13-11-18/h2-3,7,9-13H,4-5,14-16H2,1H3,(H,24,25). The number of rotatable bonds is 4. The fourth-order valence-corrected chi connectivity index (χ4v) is 3.70. The van der Waals surface area contributed by atoms with Gasteiger partial charge in [-0.15, -0.1) is 0 Å². The Labute approximate surface area is 159 Å². The molecule has 134 valence electrons. The van der Waals surface area contributed by atoms with E-state index < -0.39 is 5.41 Å². The summed E-state index contributed by atoms with van der Waals surface area (Å²) in [5.74, 6) is 6.87. The molecule has 1 saturated carbocycles. The summed E-state index contributed by atoms with van der Waals surface area (Å²) in [6.45, 7) is 0.312. The lowest BCUT2D eigenvalue weighted by molar-refractivity contribution is -0.126. The second-order valence-electron chi connectivity index (χ2n) is 6.48. The van der Waals surface area contributed by atoms with E-state index in [0.717, 1.165) is 42.6 Å². The number of ether oxygens (including phenoxy) is 1. The van der Waals surface area contributed by atoms with E-state index >= 15 is 0 Å². The van der Waals surface area contributed by atoms with Crippen LogP contribution in [-0.4, -0.2) is 19.6 Å². The van der Waals surface area contributed by atoms with E-state index in [1.807, 2.05) is 48.5 Å². The molecule has 1 fully saturated rings. The van der Waals surface area contributed by atoms with E-state index in [4.69, 9.17) is 16.3 Å². The fourth-order valence-electron chi connectivity index (χ4n) is 3.58. The summed E-state index contributed by atoms with van der Waals surface area (Å²) in [6.07, 6.45) is 3.84. The molecule has 1 aliphatic carbocycles. The summed E-state index contributed by atoms with van der Waals surface area (Å²) >= 11 is 6.00. The van der Waals surface area contributed by atoms with Crippen LogP contribution in [0.1, 0.15) is 36.8 Å². The van der Waals surface area contributed by atoms with Gasteiger partial charge in [-0.1, -0.05) is 60.5 Å². The van der Waals surface area contributed by atoms with Crippen molar-refractivity contribution in [3.05, 3.63) is 64.7 Å². The Morgan fingerprint density at radius 1 is 1.15 bits per heavy atom. The molecule has 0 unspecified atom stereocenters. The van der Waals surface area contributed by atoms with E-state index in [9.17, 15) is 4.79 Å². The number of hydrogen-bond acceptors (Lipinski definition) is 2. The zero-order chi connectivity index (χ0) is 18.4. The Bertz CT molecular complexity index is 827. The SMILES string of the molecule is COc1ccccc1C#CCNC(=O)C1(c2ccc(Cl)cc2)CCCC1. The topological polar surface area (TPSA) is 38.3 Å². The van der Waals surface area contributed by atoms with Gasteiger partial charge in [0.05, 0.1) is 24.6 Å². The van der Waals surface area contributed by atoms with Crippen LogP contribution in [0.3, 0.4) is 0 Å².